The first-order valence-electron chi connectivity index (χ1n) is 6.49. The van der Waals surface area contributed by atoms with Crippen molar-refractivity contribution in [1.82, 2.24) is 5.32 Å². The fourth-order valence-electron chi connectivity index (χ4n) is 2.12. The van der Waals surface area contributed by atoms with Crippen molar-refractivity contribution in [1.29, 1.82) is 0 Å². The van der Waals surface area contributed by atoms with Gasteiger partial charge in [-0.05, 0) is 30.3 Å². The van der Waals surface area contributed by atoms with Crippen molar-refractivity contribution in [3.05, 3.63) is 63.1 Å². The summed E-state index contributed by atoms with van der Waals surface area (Å²) >= 11 is 18.0. The molecule has 1 aliphatic heterocycles. The molecule has 2 heterocycles. The number of anilines is 1. The summed E-state index contributed by atoms with van der Waals surface area (Å²) in [5.74, 6) is -0.667. The lowest BCUT2D eigenvalue weighted by Crippen LogP contribution is -2.33. The Morgan fingerprint density at radius 2 is 1.87 bits per heavy atom. The van der Waals surface area contributed by atoms with Crippen LogP contribution in [0.3, 0.4) is 0 Å². The highest BCUT2D eigenvalue weighted by atomic mass is 35.5. The van der Waals surface area contributed by atoms with Crippen molar-refractivity contribution in [3.8, 4) is 0 Å². The third-order valence-electron chi connectivity index (χ3n) is 3.20. The highest BCUT2D eigenvalue weighted by Crippen LogP contribution is 2.34. The Hall–Kier alpha value is -1.95. The Bertz CT molecular complexity index is 815. The predicted molar refractivity (Wildman–Crippen MR) is 87.4 cm³/mol. The number of nitrogens with one attached hydrogen (secondary N) is 1. The molecule has 1 aromatic heterocycles. The van der Waals surface area contributed by atoms with Crippen molar-refractivity contribution in [2.24, 2.45) is 0 Å². The lowest BCUT2D eigenvalue weighted by Gasteiger charge is -2.16. The van der Waals surface area contributed by atoms with Gasteiger partial charge in [0.05, 0.1) is 23.5 Å². The van der Waals surface area contributed by atoms with Gasteiger partial charge >= 0.3 is 0 Å². The van der Waals surface area contributed by atoms with Gasteiger partial charge in [0.15, 0.2) is 0 Å². The lowest BCUT2D eigenvalue weighted by atomic mass is 10.3. The summed E-state index contributed by atoms with van der Waals surface area (Å²) in [4.78, 5) is 25.7. The molecule has 2 aromatic rings. The predicted octanol–water partition coefficient (Wildman–Crippen LogP) is 3.70. The molecule has 0 atom stereocenters. The highest BCUT2D eigenvalue weighted by Gasteiger charge is 2.39. The monoisotopic (exact) mass is 370 g/mol. The molecular formula is C15H9Cl3N2O3. The number of amides is 2. The third kappa shape index (κ3) is 2.95. The van der Waals surface area contributed by atoms with E-state index in [2.05, 4.69) is 5.32 Å². The summed E-state index contributed by atoms with van der Waals surface area (Å²) in [6.45, 7) is 0.217. The largest absolute Gasteiger partial charge is 0.467 e. The molecule has 0 aliphatic carbocycles. The number of carbonyl (C=O) groups excluding carboxylic acids is 2. The lowest BCUT2D eigenvalue weighted by molar-refractivity contribution is -0.120. The van der Waals surface area contributed by atoms with Crippen molar-refractivity contribution in [2.45, 2.75) is 6.54 Å². The summed E-state index contributed by atoms with van der Waals surface area (Å²) in [5.41, 5.74) is 0.172. The van der Waals surface area contributed by atoms with Gasteiger partial charge in [-0.2, -0.15) is 0 Å². The van der Waals surface area contributed by atoms with Gasteiger partial charge in [0.1, 0.15) is 16.5 Å². The number of benzene rings is 1. The smallest absolute Gasteiger partial charge is 0.283 e. The van der Waals surface area contributed by atoms with E-state index in [1.165, 1.54) is 18.4 Å². The summed E-state index contributed by atoms with van der Waals surface area (Å²) in [7, 11) is 0. The number of rotatable bonds is 4. The first-order chi connectivity index (χ1) is 11.0. The maximum Gasteiger partial charge on any atom is 0.283 e. The van der Waals surface area contributed by atoms with Crippen LogP contribution in [0, 0.1) is 0 Å². The maximum absolute atomic E-state index is 12.5. The van der Waals surface area contributed by atoms with Crippen LogP contribution >= 0.6 is 34.8 Å². The first-order valence-corrected chi connectivity index (χ1v) is 7.62. The first kappa shape index (κ1) is 15.9. The van der Waals surface area contributed by atoms with Gasteiger partial charge in [-0.1, -0.05) is 34.8 Å². The number of hydrogen-bond acceptors (Lipinski definition) is 4. The molecular weight excluding hydrogens is 363 g/mol. The third-order valence-corrected chi connectivity index (χ3v) is 4.10. The van der Waals surface area contributed by atoms with Crippen LogP contribution in [0.15, 0.2) is 51.7 Å². The van der Waals surface area contributed by atoms with Gasteiger partial charge in [-0.3, -0.25) is 9.59 Å². The topological polar surface area (TPSA) is 62.6 Å². The molecule has 5 nitrogen and oxygen atoms in total. The molecule has 0 saturated heterocycles. The van der Waals surface area contributed by atoms with Gasteiger partial charge in [0.25, 0.3) is 11.8 Å². The zero-order valence-corrected chi connectivity index (χ0v) is 13.7. The van der Waals surface area contributed by atoms with Crippen LogP contribution in [0.25, 0.3) is 0 Å². The minimum atomic E-state index is -0.664. The standard InChI is InChI=1S/C15H9Cl3N2O3/c16-8-3-4-10(17)11(6-8)20-14(21)12(18)13(15(20)22)19-7-9-2-1-5-23-9/h1-6,19H,7H2. The SMILES string of the molecule is O=C1C(Cl)=C(NCc2ccco2)C(=O)N1c1cc(Cl)ccc1Cl. The average Bonchev–Trinajstić information content (AvgIpc) is 3.10. The Balaban J connectivity index is 1.88. The van der Waals surface area contributed by atoms with E-state index in [1.807, 2.05) is 0 Å². The molecule has 0 spiro atoms. The second kappa shape index (κ2) is 6.28. The van der Waals surface area contributed by atoms with Gasteiger partial charge in [-0.25, -0.2) is 4.90 Å². The van der Waals surface area contributed by atoms with E-state index in [0.29, 0.717) is 10.8 Å². The number of carbonyl (C=O) groups is 2. The highest BCUT2D eigenvalue weighted by molar-refractivity contribution is 6.53. The van der Waals surface area contributed by atoms with Gasteiger partial charge < -0.3 is 9.73 Å². The molecule has 1 aromatic carbocycles. The Morgan fingerprint density at radius 1 is 1.09 bits per heavy atom. The summed E-state index contributed by atoms with van der Waals surface area (Å²) in [6, 6.07) is 7.94. The zero-order chi connectivity index (χ0) is 16.6. The second-order valence-electron chi connectivity index (χ2n) is 4.66. The van der Waals surface area contributed by atoms with Crippen LogP contribution in [0.2, 0.25) is 10.0 Å². The molecule has 0 bridgehead atoms. The number of nitrogens with zero attached hydrogens (tertiary/aromatic N) is 1. The molecule has 0 unspecified atom stereocenters. The fraction of sp³-hybridized carbons (Fsp3) is 0.0667. The van der Waals surface area contributed by atoms with E-state index in [9.17, 15) is 9.59 Å². The molecule has 0 saturated carbocycles. The molecule has 8 heteroatoms. The molecule has 3 rings (SSSR count). The quantitative estimate of drug-likeness (QED) is 0.833. The van der Waals surface area contributed by atoms with Crippen molar-refractivity contribution >= 4 is 52.3 Å². The van der Waals surface area contributed by atoms with Crippen LogP contribution in [0.4, 0.5) is 5.69 Å². The maximum atomic E-state index is 12.5. The van der Waals surface area contributed by atoms with Crippen molar-refractivity contribution < 1.29 is 14.0 Å². The minimum Gasteiger partial charge on any atom is -0.467 e. The molecule has 1 aliphatic rings. The second-order valence-corrected chi connectivity index (χ2v) is 5.88. The molecule has 23 heavy (non-hydrogen) atoms. The number of halogens is 3. The number of imide groups is 1. The van der Waals surface area contributed by atoms with E-state index in [1.54, 1.807) is 18.2 Å². The van der Waals surface area contributed by atoms with Gasteiger partial charge in [0.2, 0.25) is 0 Å². The number of hydrogen-bond donors (Lipinski definition) is 1. The van der Waals surface area contributed by atoms with Crippen LogP contribution < -0.4 is 10.2 Å². The fourth-order valence-corrected chi connectivity index (χ4v) is 2.72. The van der Waals surface area contributed by atoms with Crippen LogP contribution in [0.1, 0.15) is 5.76 Å². The average molecular weight is 372 g/mol. The minimum absolute atomic E-state index is 0.0101. The van der Waals surface area contributed by atoms with E-state index < -0.39 is 11.8 Å². The Labute approximate surface area is 146 Å². The van der Waals surface area contributed by atoms with Gasteiger partial charge in [0, 0.05) is 5.02 Å². The van der Waals surface area contributed by atoms with E-state index in [4.69, 9.17) is 39.2 Å². The number of furan rings is 1. The van der Waals surface area contributed by atoms with E-state index in [0.717, 1.165) is 4.90 Å². The summed E-state index contributed by atoms with van der Waals surface area (Å²) in [6.07, 6.45) is 1.51. The molecule has 0 radical (unpaired) electrons. The van der Waals surface area contributed by atoms with Crippen LogP contribution in [-0.4, -0.2) is 11.8 Å². The summed E-state index contributed by atoms with van der Waals surface area (Å²) < 4.78 is 5.16. The molecule has 0 fully saturated rings. The normalized spacial score (nSPS) is 14.8. The summed E-state index contributed by atoms with van der Waals surface area (Å²) in [5, 5.41) is 3.16. The van der Waals surface area contributed by atoms with Crippen molar-refractivity contribution in [3.63, 3.8) is 0 Å². The Kier molecular flexibility index (Phi) is 4.35. The van der Waals surface area contributed by atoms with Crippen LogP contribution in [-0.2, 0) is 16.1 Å². The molecule has 118 valence electrons. The van der Waals surface area contributed by atoms with E-state index in [-0.39, 0.29) is 28.0 Å². The van der Waals surface area contributed by atoms with Crippen molar-refractivity contribution in [2.75, 3.05) is 4.90 Å². The Morgan fingerprint density at radius 3 is 2.57 bits per heavy atom. The zero-order valence-electron chi connectivity index (χ0n) is 11.5. The van der Waals surface area contributed by atoms with Crippen LogP contribution in [0.5, 0.6) is 0 Å². The van der Waals surface area contributed by atoms with E-state index >= 15 is 0 Å². The molecule has 1 N–H and O–H groups in total. The van der Waals surface area contributed by atoms with Gasteiger partial charge in [-0.15, -0.1) is 0 Å². The molecule has 2 amide bonds.